The van der Waals surface area contributed by atoms with Crippen LogP contribution in [0.3, 0.4) is 0 Å². The Labute approximate surface area is 135 Å². The van der Waals surface area contributed by atoms with E-state index in [4.69, 9.17) is 0 Å². The standard InChI is InChI=1S/C16H31N3O2S/c1-4-13(3)18-16(19-15-6-5-12(2)9-15)17-10-14-7-8-22(20,21)11-14/h12-15H,4-11H2,1-3H3,(H2,17,18,19). The zero-order valence-corrected chi connectivity index (χ0v) is 15.0. The Morgan fingerprint density at radius 2 is 2.09 bits per heavy atom. The molecular weight excluding hydrogens is 298 g/mol. The van der Waals surface area contributed by atoms with Crippen LogP contribution in [0.4, 0.5) is 0 Å². The second kappa shape index (κ2) is 7.66. The highest BCUT2D eigenvalue weighted by Gasteiger charge is 2.28. The van der Waals surface area contributed by atoms with Crippen molar-refractivity contribution in [2.45, 2.75) is 65.0 Å². The average Bonchev–Trinajstić information content (AvgIpc) is 3.01. The van der Waals surface area contributed by atoms with Crippen LogP contribution in [0.1, 0.15) is 52.9 Å². The van der Waals surface area contributed by atoms with Crippen molar-refractivity contribution in [3.8, 4) is 0 Å². The molecule has 0 radical (unpaired) electrons. The van der Waals surface area contributed by atoms with Gasteiger partial charge < -0.3 is 10.6 Å². The molecule has 2 N–H and O–H groups in total. The monoisotopic (exact) mass is 329 g/mol. The fourth-order valence-electron chi connectivity index (χ4n) is 3.24. The number of sulfone groups is 1. The minimum Gasteiger partial charge on any atom is -0.354 e. The topological polar surface area (TPSA) is 70.6 Å². The van der Waals surface area contributed by atoms with Crippen LogP contribution in [-0.4, -0.2) is 44.5 Å². The first-order valence-corrected chi connectivity index (χ1v) is 10.5. The van der Waals surface area contributed by atoms with Crippen LogP contribution in [0.25, 0.3) is 0 Å². The largest absolute Gasteiger partial charge is 0.354 e. The fourth-order valence-corrected chi connectivity index (χ4v) is 5.09. The molecule has 0 bridgehead atoms. The van der Waals surface area contributed by atoms with E-state index in [0.29, 0.717) is 30.1 Å². The van der Waals surface area contributed by atoms with Crippen molar-refractivity contribution in [3.05, 3.63) is 0 Å². The third kappa shape index (κ3) is 5.45. The van der Waals surface area contributed by atoms with Crippen molar-refractivity contribution in [1.29, 1.82) is 0 Å². The molecule has 0 spiro atoms. The van der Waals surface area contributed by atoms with Crippen LogP contribution in [0.2, 0.25) is 0 Å². The molecule has 6 heteroatoms. The van der Waals surface area contributed by atoms with Gasteiger partial charge in [-0.25, -0.2) is 8.42 Å². The van der Waals surface area contributed by atoms with Crippen molar-refractivity contribution >= 4 is 15.8 Å². The Kier molecular flexibility index (Phi) is 6.12. The third-order valence-electron chi connectivity index (χ3n) is 4.87. The van der Waals surface area contributed by atoms with Gasteiger partial charge in [-0.2, -0.15) is 0 Å². The first kappa shape index (κ1) is 17.6. The number of rotatable bonds is 5. The second-order valence-corrected chi connectivity index (χ2v) is 9.40. The van der Waals surface area contributed by atoms with E-state index < -0.39 is 9.84 Å². The highest BCUT2D eigenvalue weighted by atomic mass is 32.2. The Morgan fingerprint density at radius 1 is 1.32 bits per heavy atom. The summed E-state index contributed by atoms with van der Waals surface area (Å²) >= 11 is 0. The van der Waals surface area contributed by atoms with Crippen molar-refractivity contribution in [2.24, 2.45) is 16.8 Å². The summed E-state index contributed by atoms with van der Waals surface area (Å²) < 4.78 is 23.1. The molecule has 1 heterocycles. The quantitative estimate of drug-likeness (QED) is 0.597. The van der Waals surface area contributed by atoms with Crippen LogP contribution < -0.4 is 10.6 Å². The summed E-state index contributed by atoms with van der Waals surface area (Å²) in [6.07, 6.45) is 5.46. The average molecular weight is 330 g/mol. The Hall–Kier alpha value is -0.780. The summed E-state index contributed by atoms with van der Waals surface area (Å²) in [7, 11) is -2.81. The maximum atomic E-state index is 11.5. The second-order valence-electron chi connectivity index (χ2n) is 7.17. The Morgan fingerprint density at radius 3 is 2.64 bits per heavy atom. The Balaban J connectivity index is 1.92. The van der Waals surface area contributed by atoms with E-state index in [1.54, 1.807) is 0 Å². The van der Waals surface area contributed by atoms with Crippen LogP contribution in [0, 0.1) is 11.8 Å². The first-order valence-electron chi connectivity index (χ1n) is 8.66. The minimum absolute atomic E-state index is 0.183. The highest BCUT2D eigenvalue weighted by molar-refractivity contribution is 7.91. The molecule has 2 rings (SSSR count). The Bertz CT molecular complexity index is 490. The molecule has 1 aliphatic carbocycles. The smallest absolute Gasteiger partial charge is 0.191 e. The van der Waals surface area contributed by atoms with Crippen LogP contribution in [0.15, 0.2) is 4.99 Å². The SMILES string of the molecule is CCC(C)NC(=NCC1CCS(=O)(=O)C1)NC1CCC(C)C1. The van der Waals surface area contributed by atoms with E-state index >= 15 is 0 Å². The van der Waals surface area contributed by atoms with Crippen molar-refractivity contribution in [1.82, 2.24) is 10.6 Å². The third-order valence-corrected chi connectivity index (χ3v) is 6.70. The fraction of sp³-hybridized carbons (Fsp3) is 0.938. The zero-order chi connectivity index (χ0) is 16.2. The zero-order valence-electron chi connectivity index (χ0n) is 14.1. The predicted octanol–water partition coefficient (Wildman–Crippen LogP) is 1.94. The lowest BCUT2D eigenvalue weighted by molar-refractivity contribution is 0.544. The first-order chi connectivity index (χ1) is 10.4. The number of guanidine groups is 1. The molecule has 128 valence electrons. The summed E-state index contributed by atoms with van der Waals surface area (Å²) in [5, 5.41) is 6.99. The molecule has 0 aromatic rings. The van der Waals surface area contributed by atoms with Gasteiger partial charge in [-0.3, -0.25) is 4.99 Å². The molecule has 4 atom stereocenters. The molecule has 2 aliphatic rings. The van der Waals surface area contributed by atoms with E-state index in [2.05, 4.69) is 36.4 Å². The molecule has 1 saturated carbocycles. The van der Waals surface area contributed by atoms with E-state index in [0.717, 1.165) is 24.7 Å². The van der Waals surface area contributed by atoms with Gasteiger partial charge >= 0.3 is 0 Å². The number of hydrogen-bond donors (Lipinski definition) is 2. The van der Waals surface area contributed by atoms with Gasteiger partial charge in [-0.05, 0) is 50.9 Å². The molecule has 22 heavy (non-hydrogen) atoms. The van der Waals surface area contributed by atoms with Crippen molar-refractivity contribution < 1.29 is 8.42 Å². The molecular formula is C16H31N3O2S. The van der Waals surface area contributed by atoms with Gasteiger partial charge in [-0.15, -0.1) is 0 Å². The van der Waals surface area contributed by atoms with E-state index in [1.807, 2.05) is 0 Å². The minimum atomic E-state index is -2.81. The lowest BCUT2D eigenvalue weighted by Crippen LogP contribution is -2.46. The van der Waals surface area contributed by atoms with Gasteiger partial charge in [0, 0.05) is 18.6 Å². The maximum Gasteiger partial charge on any atom is 0.191 e. The number of nitrogens with one attached hydrogen (secondary N) is 2. The summed E-state index contributed by atoms with van der Waals surface area (Å²) in [6, 6.07) is 0.870. The van der Waals surface area contributed by atoms with Gasteiger partial charge in [0.2, 0.25) is 0 Å². The van der Waals surface area contributed by atoms with Crippen LogP contribution >= 0.6 is 0 Å². The van der Waals surface area contributed by atoms with Gasteiger partial charge in [-0.1, -0.05) is 13.8 Å². The molecule has 0 amide bonds. The number of aliphatic imine (C=N–C) groups is 1. The molecule has 1 saturated heterocycles. The number of hydrogen-bond acceptors (Lipinski definition) is 3. The number of nitrogens with zero attached hydrogens (tertiary/aromatic N) is 1. The van der Waals surface area contributed by atoms with Crippen LogP contribution in [0.5, 0.6) is 0 Å². The summed E-state index contributed by atoms with van der Waals surface area (Å²) in [6.45, 7) is 7.20. The normalized spacial score (nSPS) is 32.9. The van der Waals surface area contributed by atoms with Gasteiger partial charge in [0.15, 0.2) is 15.8 Å². The molecule has 5 nitrogen and oxygen atoms in total. The van der Waals surface area contributed by atoms with Gasteiger partial charge in [0.1, 0.15) is 0 Å². The van der Waals surface area contributed by atoms with Crippen molar-refractivity contribution in [2.75, 3.05) is 18.1 Å². The summed E-state index contributed by atoms with van der Waals surface area (Å²) in [5.74, 6) is 2.45. The van der Waals surface area contributed by atoms with Crippen molar-refractivity contribution in [3.63, 3.8) is 0 Å². The maximum absolute atomic E-state index is 11.5. The van der Waals surface area contributed by atoms with E-state index in [1.165, 1.54) is 19.3 Å². The van der Waals surface area contributed by atoms with E-state index in [9.17, 15) is 8.42 Å². The predicted molar refractivity (Wildman–Crippen MR) is 91.9 cm³/mol. The van der Waals surface area contributed by atoms with E-state index in [-0.39, 0.29) is 5.92 Å². The molecule has 0 aromatic carbocycles. The van der Waals surface area contributed by atoms with Gasteiger partial charge in [0.25, 0.3) is 0 Å². The summed E-state index contributed by atoms with van der Waals surface area (Å²) in [4.78, 5) is 4.68. The van der Waals surface area contributed by atoms with Crippen LogP contribution in [-0.2, 0) is 9.84 Å². The molecule has 4 unspecified atom stereocenters. The lowest BCUT2D eigenvalue weighted by atomic mass is 10.1. The van der Waals surface area contributed by atoms with Gasteiger partial charge in [0.05, 0.1) is 11.5 Å². The lowest BCUT2D eigenvalue weighted by Gasteiger charge is -2.21. The summed E-state index contributed by atoms with van der Waals surface area (Å²) in [5.41, 5.74) is 0. The molecule has 2 fully saturated rings. The molecule has 0 aromatic heterocycles. The molecule has 1 aliphatic heterocycles. The highest BCUT2D eigenvalue weighted by Crippen LogP contribution is 2.24.